The molecule has 0 saturated heterocycles. The molecule has 0 bridgehead atoms. The number of rotatable bonds is 3. The summed E-state index contributed by atoms with van der Waals surface area (Å²) in [6, 6.07) is 6.74. The van der Waals surface area contributed by atoms with E-state index < -0.39 is 5.91 Å². The highest BCUT2D eigenvalue weighted by Crippen LogP contribution is 2.11. The molecule has 2 N–H and O–H groups in total. The number of primary amides is 1. The van der Waals surface area contributed by atoms with E-state index in [9.17, 15) is 4.79 Å². The SMILES string of the molecule is CCOc1ccc(C(N)=O)cc1.Cl.Cl. The molecule has 1 rings (SSSR count). The summed E-state index contributed by atoms with van der Waals surface area (Å²) in [6.07, 6.45) is 0. The lowest BCUT2D eigenvalue weighted by atomic mass is 10.2. The number of hydrogen-bond donors (Lipinski definition) is 1. The van der Waals surface area contributed by atoms with E-state index in [2.05, 4.69) is 0 Å². The first-order valence-electron chi connectivity index (χ1n) is 3.76. The quantitative estimate of drug-likeness (QED) is 0.875. The maximum atomic E-state index is 10.7. The van der Waals surface area contributed by atoms with E-state index in [1.807, 2.05) is 6.92 Å². The average molecular weight is 238 g/mol. The maximum absolute atomic E-state index is 10.7. The molecule has 1 amide bonds. The summed E-state index contributed by atoms with van der Waals surface area (Å²) < 4.78 is 5.19. The molecule has 0 radical (unpaired) electrons. The summed E-state index contributed by atoms with van der Waals surface area (Å²) >= 11 is 0. The normalized spacial score (nSPS) is 8.07. The highest BCUT2D eigenvalue weighted by atomic mass is 35.5. The third-order valence-corrected chi connectivity index (χ3v) is 1.45. The molecule has 0 aromatic heterocycles. The highest BCUT2D eigenvalue weighted by molar-refractivity contribution is 5.92. The molecule has 1 aromatic carbocycles. The van der Waals surface area contributed by atoms with Gasteiger partial charge in [-0.2, -0.15) is 0 Å². The molecule has 0 aliphatic rings. The van der Waals surface area contributed by atoms with Gasteiger partial charge in [0.2, 0.25) is 5.91 Å². The van der Waals surface area contributed by atoms with Crippen LogP contribution in [0.15, 0.2) is 24.3 Å². The van der Waals surface area contributed by atoms with Crippen LogP contribution < -0.4 is 10.5 Å². The van der Waals surface area contributed by atoms with Crippen LogP contribution >= 0.6 is 24.8 Å². The minimum atomic E-state index is -0.418. The van der Waals surface area contributed by atoms with E-state index in [0.717, 1.165) is 5.75 Å². The van der Waals surface area contributed by atoms with Crippen molar-refractivity contribution in [2.75, 3.05) is 6.61 Å². The van der Waals surface area contributed by atoms with Crippen LogP contribution in [0.5, 0.6) is 5.75 Å². The summed E-state index contributed by atoms with van der Waals surface area (Å²) in [7, 11) is 0. The second-order valence-corrected chi connectivity index (χ2v) is 2.32. The van der Waals surface area contributed by atoms with E-state index in [1.165, 1.54) is 0 Å². The molecule has 0 saturated carbocycles. The van der Waals surface area contributed by atoms with Gasteiger partial charge in [-0.15, -0.1) is 24.8 Å². The Labute approximate surface area is 95.4 Å². The first-order chi connectivity index (χ1) is 5.74. The highest BCUT2D eigenvalue weighted by Gasteiger charge is 1.98. The molecular weight excluding hydrogens is 225 g/mol. The number of benzene rings is 1. The second kappa shape index (κ2) is 7.47. The van der Waals surface area contributed by atoms with E-state index in [-0.39, 0.29) is 24.8 Å². The molecule has 14 heavy (non-hydrogen) atoms. The van der Waals surface area contributed by atoms with Gasteiger partial charge in [0.15, 0.2) is 0 Å². The fourth-order valence-electron chi connectivity index (χ4n) is 0.882. The Morgan fingerprint density at radius 3 is 2.14 bits per heavy atom. The Kier molecular flexibility index (Phi) is 8.29. The van der Waals surface area contributed by atoms with Gasteiger partial charge in [0.25, 0.3) is 0 Å². The second-order valence-electron chi connectivity index (χ2n) is 2.32. The van der Waals surface area contributed by atoms with Crippen LogP contribution in [0, 0.1) is 0 Å². The zero-order valence-corrected chi connectivity index (χ0v) is 9.36. The van der Waals surface area contributed by atoms with Crippen molar-refractivity contribution in [2.24, 2.45) is 5.73 Å². The Hall–Kier alpha value is -0.930. The lowest BCUT2D eigenvalue weighted by Crippen LogP contribution is -2.10. The predicted octanol–water partition coefficient (Wildman–Crippen LogP) is 2.03. The summed E-state index contributed by atoms with van der Waals surface area (Å²) in [4.78, 5) is 10.7. The van der Waals surface area contributed by atoms with Crippen LogP contribution in [0.25, 0.3) is 0 Å². The van der Waals surface area contributed by atoms with Gasteiger partial charge < -0.3 is 10.5 Å². The maximum Gasteiger partial charge on any atom is 0.248 e. The fraction of sp³-hybridized carbons (Fsp3) is 0.222. The van der Waals surface area contributed by atoms with E-state index in [1.54, 1.807) is 24.3 Å². The molecule has 0 heterocycles. The van der Waals surface area contributed by atoms with Gasteiger partial charge in [0, 0.05) is 5.56 Å². The van der Waals surface area contributed by atoms with Crippen LogP contribution in [-0.2, 0) is 0 Å². The van der Waals surface area contributed by atoms with Crippen molar-refractivity contribution >= 4 is 30.7 Å². The average Bonchev–Trinajstić information content (AvgIpc) is 2.06. The summed E-state index contributed by atoms with van der Waals surface area (Å²) in [5, 5.41) is 0. The van der Waals surface area contributed by atoms with Gasteiger partial charge in [-0.1, -0.05) is 0 Å². The van der Waals surface area contributed by atoms with E-state index in [0.29, 0.717) is 12.2 Å². The number of ether oxygens (including phenoxy) is 1. The zero-order valence-electron chi connectivity index (χ0n) is 7.73. The van der Waals surface area contributed by atoms with E-state index in [4.69, 9.17) is 10.5 Å². The van der Waals surface area contributed by atoms with Crippen molar-refractivity contribution in [1.82, 2.24) is 0 Å². The molecule has 0 atom stereocenters. The molecule has 80 valence electrons. The van der Waals surface area contributed by atoms with Crippen molar-refractivity contribution in [3.8, 4) is 5.75 Å². The Bertz CT molecular complexity index is 275. The van der Waals surface area contributed by atoms with Crippen LogP contribution in [-0.4, -0.2) is 12.5 Å². The van der Waals surface area contributed by atoms with Gasteiger partial charge in [0.05, 0.1) is 6.61 Å². The van der Waals surface area contributed by atoms with Gasteiger partial charge >= 0.3 is 0 Å². The number of nitrogens with two attached hydrogens (primary N) is 1. The number of carbonyl (C=O) groups is 1. The van der Waals surface area contributed by atoms with Gasteiger partial charge in [-0.3, -0.25) is 4.79 Å². The fourth-order valence-corrected chi connectivity index (χ4v) is 0.882. The number of carbonyl (C=O) groups excluding carboxylic acids is 1. The molecule has 0 fully saturated rings. The summed E-state index contributed by atoms with van der Waals surface area (Å²) in [5.41, 5.74) is 5.56. The van der Waals surface area contributed by atoms with Crippen LogP contribution in [0.1, 0.15) is 17.3 Å². The third-order valence-electron chi connectivity index (χ3n) is 1.45. The van der Waals surface area contributed by atoms with Crippen LogP contribution in [0.2, 0.25) is 0 Å². The number of hydrogen-bond acceptors (Lipinski definition) is 2. The van der Waals surface area contributed by atoms with Gasteiger partial charge in [-0.25, -0.2) is 0 Å². The van der Waals surface area contributed by atoms with Gasteiger partial charge in [0.1, 0.15) is 5.75 Å². The number of halogens is 2. The Balaban J connectivity index is 0. The molecule has 0 unspecified atom stereocenters. The van der Waals surface area contributed by atoms with Crippen molar-refractivity contribution in [1.29, 1.82) is 0 Å². The lowest BCUT2D eigenvalue weighted by Gasteiger charge is -2.02. The Morgan fingerprint density at radius 1 is 1.29 bits per heavy atom. The van der Waals surface area contributed by atoms with Crippen molar-refractivity contribution in [2.45, 2.75) is 6.92 Å². The molecule has 0 spiro atoms. The minimum Gasteiger partial charge on any atom is -0.494 e. The first-order valence-corrected chi connectivity index (χ1v) is 3.76. The molecule has 3 nitrogen and oxygen atoms in total. The lowest BCUT2D eigenvalue weighted by molar-refractivity contribution is 0.100. The summed E-state index contributed by atoms with van der Waals surface area (Å²) in [5.74, 6) is 0.334. The van der Waals surface area contributed by atoms with Crippen LogP contribution in [0.4, 0.5) is 0 Å². The van der Waals surface area contributed by atoms with Gasteiger partial charge in [-0.05, 0) is 31.2 Å². The summed E-state index contributed by atoms with van der Waals surface area (Å²) in [6.45, 7) is 2.53. The number of amides is 1. The minimum absolute atomic E-state index is 0. The topological polar surface area (TPSA) is 52.3 Å². The first kappa shape index (κ1) is 15.5. The third kappa shape index (κ3) is 4.35. The molecule has 0 aliphatic carbocycles. The zero-order chi connectivity index (χ0) is 8.97. The molecular formula is C9H13Cl2NO2. The van der Waals surface area contributed by atoms with E-state index >= 15 is 0 Å². The van der Waals surface area contributed by atoms with Crippen molar-refractivity contribution in [3.63, 3.8) is 0 Å². The van der Waals surface area contributed by atoms with Crippen molar-refractivity contribution in [3.05, 3.63) is 29.8 Å². The van der Waals surface area contributed by atoms with Crippen molar-refractivity contribution < 1.29 is 9.53 Å². The largest absolute Gasteiger partial charge is 0.494 e. The molecule has 1 aromatic rings. The Morgan fingerprint density at radius 2 is 1.79 bits per heavy atom. The standard InChI is InChI=1S/C9H11NO2.2ClH/c1-2-12-8-5-3-7(4-6-8)9(10)11;;/h3-6H,2H2,1H3,(H2,10,11);2*1H. The monoisotopic (exact) mass is 237 g/mol. The molecule has 0 aliphatic heterocycles. The molecule has 5 heteroatoms. The predicted molar refractivity (Wildman–Crippen MR) is 60.6 cm³/mol. The smallest absolute Gasteiger partial charge is 0.248 e. The van der Waals surface area contributed by atoms with Crippen LogP contribution in [0.3, 0.4) is 0 Å².